The highest BCUT2D eigenvalue weighted by Crippen LogP contribution is 2.11. The van der Waals surface area contributed by atoms with Crippen molar-refractivity contribution < 1.29 is 14.7 Å². The molecule has 0 saturated heterocycles. The third-order valence-electron chi connectivity index (χ3n) is 1.78. The van der Waals surface area contributed by atoms with E-state index in [1.807, 2.05) is 0 Å². The zero-order valence-electron chi connectivity index (χ0n) is 6.99. The molecule has 5 nitrogen and oxygen atoms in total. The Hall–Kier alpha value is -1.10. The number of aliphatic carboxylic acids is 1. The molecular weight excluding hydrogens is 160 g/mol. The second-order valence-corrected chi connectivity index (χ2v) is 2.70. The zero-order valence-corrected chi connectivity index (χ0v) is 6.99. The molecule has 0 aliphatic heterocycles. The molecule has 1 amide bonds. The van der Waals surface area contributed by atoms with Crippen LogP contribution in [-0.2, 0) is 9.59 Å². The molecule has 0 rings (SSSR count). The molecule has 0 saturated carbocycles. The monoisotopic (exact) mass is 174 g/mol. The number of carbonyl (C=O) groups excluding carboxylic acids is 1. The van der Waals surface area contributed by atoms with Gasteiger partial charge in [-0.05, 0) is 5.92 Å². The summed E-state index contributed by atoms with van der Waals surface area (Å²) < 4.78 is 0. The van der Waals surface area contributed by atoms with Gasteiger partial charge in [-0.25, -0.2) is 0 Å². The van der Waals surface area contributed by atoms with Crippen LogP contribution < -0.4 is 11.5 Å². The topological polar surface area (TPSA) is 106 Å². The van der Waals surface area contributed by atoms with Gasteiger partial charge >= 0.3 is 5.97 Å². The average molecular weight is 174 g/mol. The number of rotatable bonds is 5. The molecule has 5 heteroatoms. The van der Waals surface area contributed by atoms with Gasteiger partial charge in [-0.1, -0.05) is 13.3 Å². The number of carboxylic acid groups (broad SMARTS) is 1. The lowest BCUT2D eigenvalue weighted by Crippen LogP contribution is -2.39. The van der Waals surface area contributed by atoms with E-state index >= 15 is 0 Å². The first-order chi connectivity index (χ1) is 5.49. The first-order valence-electron chi connectivity index (χ1n) is 3.75. The smallest absolute Gasteiger partial charge is 0.320 e. The molecular formula is C7H14N2O3. The quantitative estimate of drug-likeness (QED) is 0.512. The lowest BCUT2D eigenvalue weighted by atomic mass is 9.94. The maximum atomic E-state index is 10.5. The maximum Gasteiger partial charge on any atom is 0.320 e. The van der Waals surface area contributed by atoms with Crippen molar-refractivity contribution in [1.82, 2.24) is 0 Å². The standard InChI is InChI=1S/C7H14N2O3/c1-2-4(3-5(8)10)6(9)7(11)12/h4,6H,2-3,9H2,1H3,(H2,8,10)(H,11,12)/t4?,6-/m0/s1. The first kappa shape index (κ1) is 10.9. The third-order valence-corrected chi connectivity index (χ3v) is 1.78. The Kier molecular flexibility index (Phi) is 4.28. The van der Waals surface area contributed by atoms with Crippen molar-refractivity contribution in [3.05, 3.63) is 0 Å². The van der Waals surface area contributed by atoms with Crippen LogP contribution in [0.2, 0.25) is 0 Å². The summed E-state index contributed by atoms with van der Waals surface area (Å²) in [5.41, 5.74) is 10.2. The van der Waals surface area contributed by atoms with Crippen LogP contribution in [0.15, 0.2) is 0 Å². The molecule has 12 heavy (non-hydrogen) atoms. The van der Waals surface area contributed by atoms with Crippen molar-refractivity contribution in [2.24, 2.45) is 17.4 Å². The normalized spacial score (nSPS) is 15.2. The maximum absolute atomic E-state index is 10.5. The third kappa shape index (κ3) is 3.34. The van der Waals surface area contributed by atoms with Gasteiger partial charge in [0.2, 0.25) is 5.91 Å². The molecule has 0 aromatic heterocycles. The fourth-order valence-corrected chi connectivity index (χ4v) is 0.985. The van der Waals surface area contributed by atoms with Gasteiger partial charge in [0, 0.05) is 6.42 Å². The van der Waals surface area contributed by atoms with Gasteiger partial charge in [0.25, 0.3) is 0 Å². The molecule has 0 radical (unpaired) electrons. The molecule has 2 atom stereocenters. The molecule has 0 fully saturated rings. The van der Waals surface area contributed by atoms with E-state index in [2.05, 4.69) is 0 Å². The number of hydrogen-bond acceptors (Lipinski definition) is 3. The summed E-state index contributed by atoms with van der Waals surface area (Å²) >= 11 is 0. The summed E-state index contributed by atoms with van der Waals surface area (Å²) in [7, 11) is 0. The van der Waals surface area contributed by atoms with Crippen LogP contribution in [0, 0.1) is 5.92 Å². The van der Waals surface area contributed by atoms with Crippen LogP contribution in [0.4, 0.5) is 0 Å². The van der Waals surface area contributed by atoms with Crippen molar-refractivity contribution >= 4 is 11.9 Å². The van der Waals surface area contributed by atoms with Crippen molar-refractivity contribution in [2.75, 3.05) is 0 Å². The number of hydrogen-bond donors (Lipinski definition) is 3. The average Bonchev–Trinajstić information content (AvgIpc) is 1.98. The van der Waals surface area contributed by atoms with Gasteiger partial charge in [0.1, 0.15) is 6.04 Å². The van der Waals surface area contributed by atoms with E-state index < -0.39 is 17.9 Å². The Morgan fingerprint density at radius 2 is 2.00 bits per heavy atom. The summed E-state index contributed by atoms with van der Waals surface area (Å²) in [6.07, 6.45) is 0.570. The first-order valence-corrected chi connectivity index (χ1v) is 3.75. The van der Waals surface area contributed by atoms with Crippen molar-refractivity contribution in [3.63, 3.8) is 0 Å². The van der Waals surface area contributed by atoms with E-state index in [0.29, 0.717) is 6.42 Å². The molecule has 0 aromatic rings. The van der Waals surface area contributed by atoms with Crippen LogP contribution in [0.25, 0.3) is 0 Å². The van der Waals surface area contributed by atoms with E-state index in [4.69, 9.17) is 16.6 Å². The largest absolute Gasteiger partial charge is 0.480 e. The molecule has 5 N–H and O–H groups in total. The molecule has 0 heterocycles. The van der Waals surface area contributed by atoms with E-state index in [9.17, 15) is 9.59 Å². The lowest BCUT2D eigenvalue weighted by Gasteiger charge is -2.16. The fraction of sp³-hybridized carbons (Fsp3) is 0.714. The van der Waals surface area contributed by atoms with Crippen LogP contribution in [0.3, 0.4) is 0 Å². The van der Waals surface area contributed by atoms with Crippen molar-refractivity contribution in [1.29, 1.82) is 0 Å². The van der Waals surface area contributed by atoms with Crippen LogP contribution in [-0.4, -0.2) is 23.0 Å². The second-order valence-electron chi connectivity index (χ2n) is 2.70. The molecule has 0 aliphatic rings. The minimum Gasteiger partial charge on any atom is -0.480 e. The van der Waals surface area contributed by atoms with E-state index in [1.54, 1.807) is 6.92 Å². The minimum atomic E-state index is -1.09. The number of nitrogens with two attached hydrogens (primary N) is 2. The fourth-order valence-electron chi connectivity index (χ4n) is 0.985. The SMILES string of the molecule is CCC(CC(N)=O)[C@H](N)C(=O)O. The number of carbonyl (C=O) groups is 2. The van der Waals surface area contributed by atoms with Crippen LogP contribution in [0.1, 0.15) is 19.8 Å². The molecule has 0 bridgehead atoms. The molecule has 0 aromatic carbocycles. The Labute approximate surface area is 70.7 Å². The second kappa shape index (κ2) is 4.71. The predicted octanol–water partition coefficient (Wildman–Crippen LogP) is -0.700. The van der Waals surface area contributed by atoms with Crippen molar-refractivity contribution in [3.8, 4) is 0 Å². The Morgan fingerprint density at radius 1 is 1.50 bits per heavy atom. The minimum absolute atomic E-state index is 0.0317. The summed E-state index contributed by atoms with van der Waals surface area (Å²) in [6, 6.07) is -0.998. The Morgan fingerprint density at radius 3 is 2.25 bits per heavy atom. The predicted molar refractivity (Wildman–Crippen MR) is 43.2 cm³/mol. The molecule has 0 spiro atoms. The number of amides is 1. The van der Waals surface area contributed by atoms with Crippen molar-refractivity contribution in [2.45, 2.75) is 25.8 Å². The summed E-state index contributed by atoms with van der Waals surface area (Å²) in [4.78, 5) is 20.9. The van der Waals surface area contributed by atoms with Gasteiger partial charge in [-0.2, -0.15) is 0 Å². The number of primary amides is 1. The summed E-state index contributed by atoms with van der Waals surface area (Å²) in [5.74, 6) is -1.97. The van der Waals surface area contributed by atoms with E-state index in [-0.39, 0.29) is 12.3 Å². The van der Waals surface area contributed by atoms with Gasteiger partial charge in [0.05, 0.1) is 0 Å². The van der Waals surface area contributed by atoms with Gasteiger partial charge in [-0.3, -0.25) is 9.59 Å². The highest BCUT2D eigenvalue weighted by Gasteiger charge is 2.23. The molecule has 70 valence electrons. The molecule has 0 aliphatic carbocycles. The molecule has 1 unspecified atom stereocenters. The van der Waals surface area contributed by atoms with Crippen LogP contribution in [0.5, 0.6) is 0 Å². The number of carboxylic acids is 1. The van der Waals surface area contributed by atoms with E-state index in [1.165, 1.54) is 0 Å². The zero-order chi connectivity index (χ0) is 9.72. The highest BCUT2D eigenvalue weighted by molar-refractivity contribution is 5.77. The van der Waals surface area contributed by atoms with E-state index in [0.717, 1.165) is 0 Å². The summed E-state index contributed by atoms with van der Waals surface area (Å²) in [5, 5.41) is 8.52. The Bertz CT molecular complexity index is 181. The van der Waals surface area contributed by atoms with Gasteiger partial charge in [0.15, 0.2) is 0 Å². The Balaban J connectivity index is 4.14. The summed E-state index contributed by atoms with van der Waals surface area (Å²) in [6.45, 7) is 1.77. The van der Waals surface area contributed by atoms with Gasteiger partial charge in [-0.15, -0.1) is 0 Å². The lowest BCUT2D eigenvalue weighted by molar-refractivity contribution is -0.140. The van der Waals surface area contributed by atoms with Crippen LogP contribution >= 0.6 is 0 Å². The van der Waals surface area contributed by atoms with Gasteiger partial charge < -0.3 is 16.6 Å². The highest BCUT2D eigenvalue weighted by atomic mass is 16.4.